The van der Waals surface area contributed by atoms with Gasteiger partial charge in [0.25, 0.3) is 0 Å². The quantitative estimate of drug-likeness (QED) is 0.519. The lowest BCUT2D eigenvalue weighted by Crippen LogP contribution is -2.25. The molecule has 1 fully saturated rings. The van der Waals surface area contributed by atoms with Crippen LogP contribution in [0.25, 0.3) is 0 Å². The zero-order chi connectivity index (χ0) is 11.8. The monoisotopic (exact) mass is 228 g/mol. The summed E-state index contributed by atoms with van der Waals surface area (Å²) in [6.07, 6.45) is 5.31. The molecule has 1 saturated heterocycles. The Morgan fingerprint density at radius 1 is 1.50 bits per heavy atom. The lowest BCUT2D eigenvalue weighted by atomic mass is 10.1. The molecule has 0 spiro atoms. The Kier molecular flexibility index (Phi) is 6.23. The molecule has 1 radical (unpaired) electrons. The van der Waals surface area contributed by atoms with Gasteiger partial charge in [-0.2, -0.15) is 0 Å². The standard InChI is InChI=1S/C12H22NO3/c1-3-4-5-7-10(2)15-12(14)16-11-8-6-9-13-11/h10-11H,3-9H2,1-2H3. The van der Waals surface area contributed by atoms with Crippen LogP contribution in [0.15, 0.2) is 0 Å². The largest absolute Gasteiger partial charge is 0.510 e. The van der Waals surface area contributed by atoms with Crippen molar-refractivity contribution in [1.82, 2.24) is 5.32 Å². The van der Waals surface area contributed by atoms with Gasteiger partial charge in [0, 0.05) is 13.0 Å². The summed E-state index contributed by atoms with van der Waals surface area (Å²) in [4.78, 5) is 11.3. The topological polar surface area (TPSA) is 49.6 Å². The Morgan fingerprint density at radius 2 is 2.31 bits per heavy atom. The van der Waals surface area contributed by atoms with Crippen LogP contribution in [0.2, 0.25) is 0 Å². The zero-order valence-electron chi connectivity index (χ0n) is 10.3. The predicted molar refractivity (Wildman–Crippen MR) is 61.2 cm³/mol. The molecule has 4 heteroatoms. The van der Waals surface area contributed by atoms with Crippen molar-refractivity contribution in [2.24, 2.45) is 0 Å². The average molecular weight is 228 g/mol. The molecule has 0 saturated carbocycles. The number of rotatable bonds is 6. The third-order valence-electron chi connectivity index (χ3n) is 2.69. The lowest BCUT2D eigenvalue weighted by Gasteiger charge is -2.15. The second kappa shape index (κ2) is 7.49. The highest BCUT2D eigenvalue weighted by molar-refractivity contribution is 5.60. The Labute approximate surface area is 97.7 Å². The van der Waals surface area contributed by atoms with Gasteiger partial charge in [-0.05, 0) is 26.2 Å². The summed E-state index contributed by atoms with van der Waals surface area (Å²) >= 11 is 0. The van der Waals surface area contributed by atoms with Crippen LogP contribution < -0.4 is 5.32 Å². The van der Waals surface area contributed by atoms with E-state index in [4.69, 9.17) is 9.47 Å². The summed E-state index contributed by atoms with van der Waals surface area (Å²) in [6, 6.07) is 0. The molecule has 1 aliphatic heterocycles. The third kappa shape index (κ3) is 5.35. The lowest BCUT2D eigenvalue weighted by molar-refractivity contribution is -0.00418. The first-order chi connectivity index (χ1) is 7.72. The second-order valence-electron chi connectivity index (χ2n) is 4.30. The minimum absolute atomic E-state index is 0.0551. The Morgan fingerprint density at radius 3 is 2.94 bits per heavy atom. The molecule has 4 nitrogen and oxygen atoms in total. The van der Waals surface area contributed by atoms with E-state index in [1.54, 1.807) is 0 Å². The number of carbonyl (C=O) groups excluding carboxylic acids is 1. The molecule has 0 bridgehead atoms. The molecule has 2 atom stereocenters. The van der Waals surface area contributed by atoms with Crippen molar-refractivity contribution in [3.05, 3.63) is 0 Å². The van der Waals surface area contributed by atoms with Gasteiger partial charge in [0.15, 0.2) is 6.23 Å². The van der Waals surface area contributed by atoms with Crippen molar-refractivity contribution in [3.8, 4) is 0 Å². The van der Waals surface area contributed by atoms with E-state index in [9.17, 15) is 4.79 Å². The van der Waals surface area contributed by atoms with E-state index < -0.39 is 6.16 Å². The van der Waals surface area contributed by atoms with Crippen molar-refractivity contribution in [1.29, 1.82) is 0 Å². The summed E-state index contributed by atoms with van der Waals surface area (Å²) in [6.45, 7) is 4.86. The maximum absolute atomic E-state index is 11.3. The number of unbranched alkanes of at least 4 members (excludes halogenated alkanes) is 2. The van der Waals surface area contributed by atoms with E-state index in [0.29, 0.717) is 0 Å². The average Bonchev–Trinajstić information content (AvgIpc) is 2.70. The van der Waals surface area contributed by atoms with Gasteiger partial charge in [-0.3, -0.25) is 0 Å². The molecule has 0 aliphatic carbocycles. The van der Waals surface area contributed by atoms with E-state index >= 15 is 0 Å². The number of hydrogen-bond donors (Lipinski definition) is 0. The molecule has 2 unspecified atom stereocenters. The molecule has 0 amide bonds. The van der Waals surface area contributed by atoms with Gasteiger partial charge in [-0.25, -0.2) is 10.1 Å². The summed E-state index contributed by atoms with van der Waals surface area (Å²) in [5.41, 5.74) is 0. The highest BCUT2D eigenvalue weighted by Gasteiger charge is 2.21. The normalized spacial score (nSPS) is 21.8. The van der Waals surface area contributed by atoms with E-state index in [-0.39, 0.29) is 12.3 Å². The first-order valence-corrected chi connectivity index (χ1v) is 6.26. The van der Waals surface area contributed by atoms with Crippen LogP contribution in [-0.2, 0) is 9.47 Å². The highest BCUT2D eigenvalue weighted by Crippen LogP contribution is 2.11. The van der Waals surface area contributed by atoms with E-state index in [1.165, 1.54) is 12.8 Å². The molecular formula is C12H22NO3. The van der Waals surface area contributed by atoms with E-state index in [2.05, 4.69) is 12.2 Å². The van der Waals surface area contributed by atoms with Crippen molar-refractivity contribution in [2.75, 3.05) is 6.54 Å². The molecule has 93 valence electrons. The van der Waals surface area contributed by atoms with Crippen molar-refractivity contribution in [2.45, 2.75) is 64.7 Å². The molecule has 0 aromatic heterocycles. The maximum Gasteiger partial charge on any atom is 0.510 e. The van der Waals surface area contributed by atoms with Crippen LogP contribution >= 0.6 is 0 Å². The first kappa shape index (κ1) is 13.3. The fourth-order valence-electron chi connectivity index (χ4n) is 1.73. The first-order valence-electron chi connectivity index (χ1n) is 6.26. The van der Waals surface area contributed by atoms with Crippen LogP contribution in [0.5, 0.6) is 0 Å². The minimum Gasteiger partial charge on any atom is -0.431 e. The Hall–Kier alpha value is -0.770. The van der Waals surface area contributed by atoms with Crippen molar-refractivity contribution >= 4 is 6.16 Å². The number of ether oxygens (including phenoxy) is 2. The SMILES string of the molecule is CCCCCC(C)OC(=O)OC1CCC[N]1. The molecule has 1 aliphatic rings. The van der Waals surface area contributed by atoms with Crippen LogP contribution in [0.1, 0.15) is 52.4 Å². The zero-order valence-corrected chi connectivity index (χ0v) is 10.3. The van der Waals surface area contributed by atoms with Crippen LogP contribution in [0, 0.1) is 0 Å². The second-order valence-corrected chi connectivity index (χ2v) is 4.30. The summed E-state index contributed by atoms with van der Waals surface area (Å²) in [5.74, 6) is 0. The summed E-state index contributed by atoms with van der Waals surface area (Å²) in [7, 11) is 0. The molecule has 0 aromatic rings. The van der Waals surface area contributed by atoms with Gasteiger partial charge in [-0.15, -0.1) is 0 Å². The number of hydrogen-bond acceptors (Lipinski definition) is 3. The maximum atomic E-state index is 11.3. The fourth-order valence-corrected chi connectivity index (χ4v) is 1.73. The van der Waals surface area contributed by atoms with Crippen LogP contribution in [0.4, 0.5) is 4.79 Å². The predicted octanol–water partition coefficient (Wildman–Crippen LogP) is 2.83. The molecule has 1 rings (SSSR count). The van der Waals surface area contributed by atoms with Gasteiger partial charge >= 0.3 is 6.16 Å². The molecule has 1 heterocycles. The smallest absolute Gasteiger partial charge is 0.431 e. The fraction of sp³-hybridized carbons (Fsp3) is 0.917. The van der Waals surface area contributed by atoms with Crippen LogP contribution in [0.3, 0.4) is 0 Å². The molecule has 0 aromatic carbocycles. The Bertz CT molecular complexity index is 202. The van der Waals surface area contributed by atoms with Gasteiger partial charge in [0.2, 0.25) is 0 Å². The van der Waals surface area contributed by atoms with E-state index in [1.807, 2.05) is 6.92 Å². The number of carbonyl (C=O) groups is 1. The minimum atomic E-state index is -0.570. The molecule has 16 heavy (non-hydrogen) atoms. The van der Waals surface area contributed by atoms with Gasteiger partial charge in [0.05, 0.1) is 0 Å². The summed E-state index contributed by atoms with van der Waals surface area (Å²) < 4.78 is 10.2. The summed E-state index contributed by atoms with van der Waals surface area (Å²) in [5, 5.41) is 4.14. The van der Waals surface area contributed by atoms with Gasteiger partial charge in [0.1, 0.15) is 6.10 Å². The number of nitrogens with zero attached hydrogens (tertiary/aromatic N) is 1. The Balaban J connectivity index is 2.07. The highest BCUT2D eigenvalue weighted by atomic mass is 16.7. The van der Waals surface area contributed by atoms with Crippen LogP contribution in [-0.4, -0.2) is 25.0 Å². The molecule has 0 N–H and O–H groups in total. The van der Waals surface area contributed by atoms with E-state index in [0.717, 1.165) is 32.2 Å². The van der Waals surface area contributed by atoms with Crippen molar-refractivity contribution in [3.63, 3.8) is 0 Å². The molecular weight excluding hydrogens is 206 g/mol. The van der Waals surface area contributed by atoms with Crippen molar-refractivity contribution < 1.29 is 14.3 Å². The third-order valence-corrected chi connectivity index (χ3v) is 2.69. The van der Waals surface area contributed by atoms with Gasteiger partial charge in [-0.1, -0.05) is 19.8 Å². The van der Waals surface area contributed by atoms with Gasteiger partial charge < -0.3 is 9.47 Å².